The minimum absolute atomic E-state index is 0.0989. The van der Waals surface area contributed by atoms with Crippen LogP contribution in [0, 0.1) is 6.92 Å². The summed E-state index contributed by atoms with van der Waals surface area (Å²) in [4.78, 5) is 25.5. The first kappa shape index (κ1) is 19.1. The number of thioether (sulfide) groups is 1. The maximum absolute atomic E-state index is 12.9. The average Bonchev–Trinajstić information content (AvgIpc) is 3.50. The molecule has 1 fully saturated rings. The van der Waals surface area contributed by atoms with Crippen LogP contribution in [0.2, 0.25) is 0 Å². The number of aryl methyl sites for hydroxylation is 1. The van der Waals surface area contributed by atoms with Gasteiger partial charge in [-0.2, -0.15) is 0 Å². The number of fused-ring (bicyclic) bond motifs is 3. The van der Waals surface area contributed by atoms with Crippen molar-refractivity contribution in [1.29, 1.82) is 0 Å². The quantitative estimate of drug-likeness (QED) is 0.710. The smallest absolute Gasteiger partial charge is 0.341 e. The van der Waals surface area contributed by atoms with E-state index in [0.29, 0.717) is 19.0 Å². The van der Waals surface area contributed by atoms with E-state index in [1.54, 1.807) is 29.5 Å². The van der Waals surface area contributed by atoms with Gasteiger partial charge in [0.15, 0.2) is 0 Å². The molecule has 0 radical (unpaired) electrons. The molecule has 0 amide bonds. The van der Waals surface area contributed by atoms with Crippen molar-refractivity contribution in [1.82, 2.24) is 4.57 Å². The molecular weight excluding hydrogens is 378 g/mol. The fourth-order valence-electron chi connectivity index (χ4n) is 3.61. The number of aromatic carboxylic acids is 1. The number of carboxylic acids is 1. The Hall–Kier alpha value is -2.25. The van der Waals surface area contributed by atoms with Crippen molar-refractivity contribution >= 4 is 17.7 Å². The summed E-state index contributed by atoms with van der Waals surface area (Å²) in [6.45, 7) is 3.24. The largest absolute Gasteiger partial charge is 0.493 e. The van der Waals surface area contributed by atoms with Crippen molar-refractivity contribution in [3.8, 4) is 17.0 Å². The van der Waals surface area contributed by atoms with Gasteiger partial charge in [-0.15, -0.1) is 11.8 Å². The van der Waals surface area contributed by atoms with Crippen molar-refractivity contribution in [2.75, 3.05) is 20.3 Å². The fraction of sp³-hybridized carbons (Fsp3) is 0.429. The van der Waals surface area contributed by atoms with Crippen LogP contribution in [0.25, 0.3) is 11.3 Å². The predicted octanol–water partition coefficient (Wildman–Crippen LogP) is 3.88. The van der Waals surface area contributed by atoms with Crippen molar-refractivity contribution in [2.45, 2.75) is 42.9 Å². The van der Waals surface area contributed by atoms with Gasteiger partial charge in [0.25, 0.3) is 5.56 Å². The monoisotopic (exact) mass is 401 g/mol. The van der Waals surface area contributed by atoms with Gasteiger partial charge in [0.05, 0.1) is 12.3 Å². The summed E-state index contributed by atoms with van der Waals surface area (Å²) in [5, 5.41) is 9.44. The Balaban J connectivity index is 1.78. The van der Waals surface area contributed by atoms with Crippen LogP contribution >= 0.6 is 11.8 Å². The molecule has 0 saturated heterocycles. The van der Waals surface area contributed by atoms with Crippen molar-refractivity contribution < 1.29 is 19.4 Å². The second-order valence-electron chi connectivity index (χ2n) is 7.24. The number of rotatable bonds is 7. The Labute approximate surface area is 167 Å². The molecule has 0 bridgehead atoms. The molecule has 1 aliphatic heterocycles. The van der Waals surface area contributed by atoms with Crippen LogP contribution in [0.1, 0.15) is 46.8 Å². The van der Waals surface area contributed by atoms with Crippen molar-refractivity contribution in [3.05, 3.63) is 45.2 Å². The minimum atomic E-state index is -1.16. The lowest BCUT2D eigenvalue weighted by atomic mass is 10.0. The average molecular weight is 401 g/mol. The first-order valence-electron chi connectivity index (χ1n) is 9.42. The molecule has 4 rings (SSSR count). The molecule has 1 aromatic carbocycles. The van der Waals surface area contributed by atoms with Crippen LogP contribution in [0.3, 0.4) is 0 Å². The molecule has 1 aromatic heterocycles. The summed E-state index contributed by atoms with van der Waals surface area (Å²) in [6, 6.07) is 5.75. The van der Waals surface area contributed by atoms with E-state index in [1.165, 1.54) is 0 Å². The topological polar surface area (TPSA) is 77.8 Å². The number of carboxylic acid groups (broad SMARTS) is 1. The van der Waals surface area contributed by atoms with E-state index in [0.717, 1.165) is 52.3 Å². The zero-order chi connectivity index (χ0) is 19.8. The highest BCUT2D eigenvalue weighted by Crippen LogP contribution is 2.47. The van der Waals surface area contributed by atoms with Crippen LogP contribution in [0.4, 0.5) is 0 Å². The number of pyridine rings is 1. The Morgan fingerprint density at radius 2 is 2.07 bits per heavy atom. The Bertz CT molecular complexity index is 993. The van der Waals surface area contributed by atoms with Gasteiger partial charge >= 0.3 is 5.97 Å². The lowest BCUT2D eigenvalue weighted by Gasteiger charge is -2.25. The molecule has 1 saturated carbocycles. The molecule has 2 heterocycles. The Morgan fingerprint density at radius 3 is 2.75 bits per heavy atom. The lowest BCUT2D eigenvalue weighted by molar-refractivity contribution is 0.0694. The molecule has 0 spiro atoms. The van der Waals surface area contributed by atoms with Crippen LogP contribution in [-0.2, 0) is 10.5 Å². The highest BCUT2D eigenvalue weighted by molar-refractivity contribution is 7.98. The van der Waals surface area contributed by atoms with Gasteiger partial charge in [0.2, 0.25) is 0 Å². The molecule has 1 N–H and O–H groups in total. The second-order valence-corrected chi connectivity index (χ2v) is 8.26. The van der Waals surface area contributed by atoms with Gasteiger partial charge in [0.1, 0.15) is 11.3 Å². The second kappa shape index (κ2) is 7.64. The van der Waals surface area contributed by atoms with Crippen LogP contribution in [0.15, 0.2) is 27.9 Å². The first-order chi connectivity index (χ1) is 13.5. The third-order valence-electron chi connectivity index (χ3n) is 5.12. The van der Waals surface area contributed by atoms with Gasteiger partial charge in [-0.1, -0.05) is 0 Å². The van der Waals surface area contributed by atoms with Gasteiger partial charge in [-0.05, 0) is 49.1 Å². The van der Waals surface area contributed by atoms with E-state index < -0.39 is 11.5 Å². The number of hydrogen-bond donors (Lipinski definition) is 1. The summed E-state index contributed by atoms with van der Waals surface area (Å²) in [5.41, 5.74) is 3.25. The van der Waals surface area contributed by atoms with Crippen LogP contribution < -0.4 is 10.3 Å². The van der Waals surface area contributed by atoms with E-state index >= 15 is 0 Å². The summed E-state index contributed by atoms with van der Waals surface area (Å²) in [6.07, 6.45) is 2.65. The standard InChI is InChI=1S/C21H23NO5S/c1-12-8-15-18(10-17(12)27-7-3-6-26-2)28-11-13-9-16(21(24)25)20(23)22(19(13)15)14-4-5-14/h8-10,14H,3-7,11H2,1-2H3,(H,24,25). The summed E-state index contributed by atoms with van der Waals surface area (Å²) in [5.74, 6) is 0.323. The third-order valence-corrected chi connectivity index (χ3v) is 6.23. The molecule has 2 aliphatic rings. The molecule has 6 nitrogen and oxygen atoms in total. The number of methoxy groups -OCH3 is 1. The van der Waals surface area contributed by atoms with E-state index in [9.17, 15) is 14.7 Å². The first-order valence-corrected chi connectivity index (χ1v) is 10.4. The van der Waals surface area contributed by atoms with E-state index in [-0.39, 0.29) is 11.6 Å². The fourth-order valence-corrected chi connectivity index (χ4v) is 4.64. The molecule has 1 aliphatic carbocycles. The summed E-state index contributed by atoms with van der Waals surface area (Å²) < 4.78 is 12.7. The van der Waals surface area contributed by atoms with Gasteiger partial charge in [0, 0.05) is 42.4 Å². The maximum Gasteiger partial charge on any atom is 0.341 e. The molecule has 7 heteroatoms. The Morgan fingerprint density at radius 1 is 1.29 bits per heavy atom. The highest BCUT2D eigenvalue weighted by Gasteiger charge is 2.33. The maximum atomic E-state index is 12.9. The molecule has 0 atom stereocenters. The van der Waals surface area contributed by atoms with E-state index in [1.807, 2.05) is 13.0 Å². The molecule has 148 valence electrons. The van der Waals surface area contributed by atoms with E-state index in [2.05, 4.69) is 6.07 Å². The molecule has 28 heavy (non-hydrogen) atoms. The number of nitrogens with zero attached hydrogens (tertiary/aromatic N) is 1. The van der Waals surface area contributed by atoms with Gasteiger partial charge in [-0.25, -0.2) is 4.79 Å². The molecule has 2 aromatic rings. The van der Waals surface area contributed by atoms with Crippen LogP contribution in [-0.4, -0.2) is 36.0 Å². The lowest BCUT2D eigenvalue weighted by Crippen LogP contribution is -2.29. The molecular formula is C21H23NO5S. The third kappa shape index (κ3) is 3.44. The normalized spacial score (nSPS) is 15.1. The summed E-state index contributed by atoms with van der Waals surface area (Å²) >= 11 is 1.65. The van der Waals surface area contributed by atoms with Gasteiger partial charge in [-0.3, -0.25) is 4.79 Å². The number of aromatic nitrogens is 1. The zero-order valence-electron chi connectivity index (χ0n) is 16.0. The predicted molar refractivity (Wildman–Crippen MR) is 108 cm³/mol. The Kier molecular flexibility index (Phi) is 5.21. The molecule has 0 unspecified atom stereocenters. The summed E-state index contributed by atoms with van der Waals surface area (Å²) in [7, 11) is 1.67. The minimum Gasteiger partial charge on any atom is -0.493 e. The van der Waals surface area contributed by atoms with Gasteiger partial charge < -0.3 is 19.1 Å². The number of carbonyl (C=O) groups is 1. The number of hydrogen-bond acceptors (Lipinski definition) is 5. The zero-order valence-corrected chi connectivity index (χ0v) is 16.8. The van der Waals surface area contributed by atoms with Crippen molar-refractivity contribution in [3.63, 3.8) is 0 Å². The van der Waals surface area contributed by atoms with Crippen LogP contribution in [0.5, 0.6) is 5.75 Å². The number of ether oxygens (including phenoxy) is 2. The van der Waals surface area contributed by atoms with Crippen molar-refractivity contribution in [2.24, 2.45) is 0 Å². The van der Waals surface area contributed by atoms with E-state index in [4.69, 9.17) is 9.47 Å². The highest BCUT2D eigenvalue weighted by atomic mass is 32.2. The SMILES string of the molecule is COCCCOc1cc2c(cc1C)-c1c(cc(C(=O)O)c(=O)n1C1CC1)CS2. The number of benzene rings is 1.